The van der Waals surface area contributed by atoms with Crippen molar-refractivity contribution in [1.82, 2.24) is 9.88 Å². The summed E-state index contributed by atoms with van der Waals surface area (Å²) in [4.78, 5) is 16.4. The standard InChI is InChI=1S/C11H16N2O2/c1-13(2)9(8-4-3-7-12-8)11(5-6-11)10(14)15/h3-4,7,9,12H,5-6H2,1-2H3,(H,14,15). The smallest absolute Gasteiger partial charge is 0.311 e. The number of carboxylic acid groups (broad SMARTS) is 1. The number of H-pyrrole nitrogens is 1. The van der Waals surface area contributed by atoms with Gasteiger partial charge in [0.15, 0.2) is 0 Å². The predicted octanol–water partition coefficient (Wildman–Crippen LogP) is 1.48. The van der Waals surface area contributed by atoms with Crippen LogP contribution < -0.4 is 0 Å². The summed E-state index contributed by atoms with van der Waals surface area (Å²) in [6.45, 7) is 0. The Balaban J connectivity index is 2.33. The van der Waals surface area contributed by atoms with Gasteiger partial charge in [0.1, 0.15) is 0 Å². The molecule has 4 heteroatoms. The monoisotopic (exact) mass is 208 g/mol. The van der Waals surface area contributed by atoms with E-state index in [1.54, 1.807) is 0 Å². The summed E-state index contributed by atoms with van der Waals surface area (Å²) in [7, 11) is 3.85. The molecule has 0 amide bonds. The average molecular weight is 208 g/mol. The van der Waals surface area contributed by atoms with Crippen LogP contribution in [0.1, 0.15) is 24.6 Å². The van der Waals surface area contributed by atoms with Gasteiger partial charge in [0.25, 0.3) is 0 Å². The maximum Gasteiger partial charge on any atom is 0.311 e. The number of nitrogens with one attached hydrogen (secondary N) is 1. The Morgan fingerprint density at radius 1 is 1.60 bits per heavy atom. The van der Waals surface area contributed by atoms with Crippen molar-refractivity contribution in [2.24, 2.45) is 5.41 Å². The number of nitrogens with zero attached hydrogens (tertiary/aromatic N) is 1. The second-order valence-electron chi connectivity index (χ2n) is 4.45. The Bertz CT molecular complexity index is 353. The number of aromatic amines is 1. The molecular formula is C11H16N2O2. The SMILES string of the molecule is CN(C)C(c1ccc[nH]1)C1(C(=O)O)CC1. The number of hydrogen-bond donors (Lipinski definition) is 2. The molecule has 0 aromatic carbocycles. The summed E-state index contributed by atoms with van der Waals surface area (Å²) in [6, 6.07) is 3.81. The Hall–Kier alpha value is -1.29. The molecule has 1 aliphatic rings. The molecule has 0 aliphatic heterocycles. The maximum atomic E-state index is 11.3. The summed E-state index contributed by atoms with van der Waals surface area (Å²) < 4.78 is 0. The summed E-state index contributed by atoms with van der Waals surface area (Å²) in [5.74, 6) is -0.684. The van der Waals surface area contributed by atoms with E-state index in [1.165, 1.54) is 0 Å². The highest BCUT2D eigenvalue weighted by atomic mass is 16.4. The molecule has 0 saturated heterocycles. The number of carboxylic acids is 1. The van der Waals surface area contributed by atoms with Crippen molar-refractivity contribution in [3.8, 4) is 0 Å². The highest BCUT2D eigenvalue weighted by Gasteiger charge is 2.57. The fourth-order valence-electron chi connectivity index (χ4n) is 2.32. The van der Waals surface area contributed by atoms with Crippen LogP contribution in [-0.4, -0.2) is 35.1 Å². The van der Waals surface area contributed by atoms with E-state index in [9.17, 15) is 9.90 Å². The molecule has 15 heavy (non-hydrogen) atoms. The summed E-state index contributed by atoms with van der Waals surface area (Å²) in [6.07, 6.45) is 3.37. The molecular weight excluding hydrogens is 192 g/mol. The molecule has 1 unspecified atom stereocenters. The molecule has 0 spiro atoms. The first-order chi connectivity index (χ1) is 7.08. The van der Waals surface area contributed by atoms with Crippen molar-refractivity contribution < 1.29 is 9.90 Å². The molecule has 4 nitrogen and oxygen atoms in total. The van der Waals surface area contributed by atoms with Gasteiger partial charge < -0.3 is 15.0 Å². The molecule has 0 bridgehead atoms. The summed E-state index contributed by atoms with van der Waals surface area (Å²) in [5, 5.41) is 9.28. The summed E-state index contributed by atoms with van der Waals surface area (Å²) in [5.41, 5.74) is 0.411. The normalized spacial score (nSPS) is 20.2. The molecule has 1 aliphatic carbocycles. The minimum Gasteiger partial charge on any atom is -0.481 e. The largest absolute Gasteiger partial charge is 0.481 e. The average Bonchev–Trinajstić information content (AvgIpc) is 2.75. The molecule has 1 aromatic rings. The molecule has 2 N–H and O–H groups in total. The minimum absolute atomic E-state index is 0.0509. The minimum atomic E-state index is -0.684. The lowest BCUT2D eigenvalue weighted by molar-refractivity contribution is -0.146. The van der Waals surface area contributed by atoms with E-state index in [0.29, 0.717) is 0 Å². The third kappa shape index (κ3) is 1.55. The van der Waals surface area contributed by atoms with Crippen LogP contribution >= 0.6 is 0 Å². The number of aliphatic carboxylic acids is 1. The van der Waals surface area contributed by atoms with E-state index >= 15 is 0 Å². The first kappa shape index (κ1) is 10.2. The Morgan fingerprint density at radius 3 is 2.60 bits per heavy atom. The van der Waals surface area contributed by atoms with Gasteiger partial charge in [0.2, 0.25) is 0 Å². The van der Waals surface area contributed by atoms with Crippen molar-refractivity contribution in [2.75, 3.05) is 14.1 Å². The van der Waals surface area contributed by atoms with Crippen LogP contribution in [0.15, 0.2) is 18.3 Å². The van der Waals surface area contributed by atoms with Crippen molar-refractivity contribution in [3.63, 3.8) is 0 Å². The van der Waals surface area contributed by atoms with Gasteiger partial charge in [0, 0.05) is 11.9 Å². The zero-order valence-corrected chi connectivity index (χ0v) is 9.03. The lowest BCUT2D eigenvalue weighted by atomic mass is 9.93. The molecule has 1 heterocycles. The zero-order chi connectivity index (χ0) is 11.1. The van der Waals surface area contributed by atoms with Gasteiger partial charge >= 0.3 is 5.97 Å². The van der Waals surface area contributed by atoms with Crippen LogP contribution in [0.5, 0.6) is 0 Å². The van der Waals surface area contributed by atoms with Crippen LogP contribution in [-0.2, 0) is 4.79 Å². The number of rotatable bonds is 4. The van der Waals surface area contributed by atoms with Gasteiger partial charge in [0.05, 0.1) is 11.5 Å². The van der Waals surface area contributed by atoms with Gasteiger partial charge in [-0.25, -0.2) is 0 Å². The second kappa shape index (κ2) is 3.38. The van der Waals surface area contributed by atoms with Crippen LogP contribution in [0.2, 0.25) is 0 Å². The van der Waals surface area contributed by atoms with Crippen LogP contribution in [0.25, 0.3) is 0 Å². The number of carbonyl (C=O) groups is 1. The van der Waals surface area contributed by atoms with E-state index in [4.69, 9.17) is 0 Å². The molecule has 2 rings (SSSR count). The highest BCUT2D eigenvalue weighted by Crippen LogP contribution is 2.56. The first-order valence-electron chi connectivity index (χ1n) is 5.11. The fraction of sp³-hybridized carbons (Fsp3) is 0.545. The van der Waals surface area contributed by atoms with Gasteiger partial charge in [-0.2, -0.15) is 0 Å². The van der Waals surface area contributed by atoms with E-state index in [1.807, 2.05) is 37.3 Å². The lowest BCUT2D eigenvalue weighted by Crippen LogP contribution is -2.34. The third-order valence-electron chi connectivity index (χ3n) is 3.17. The number of aromatic nitrogens is 1. The van der Waals surface area contributed by atoms with E-state index in [-0.39, 0.29) is 6.04 Å². The third-order valence-corrected chi connectivity index (χ3v) is 3.17. The predicted molar refractivity (Wildman–Crippen MR) is 56.5 cm³/mol. The Morgan fingerprint density at radius 2 is 2.27 bits per heavy atom. The van der Waals surface area contributed by atoms with Crippen LogP contribution in [0.3, 0.4) is 0 Å². The zero-order valence-electron chi connectivity index (χ0n) is 9.03. The topological polar surface area (TPSA) is 56.3 Å². The van der Waals surface area contributed by atoms with Gasteiger partial charge in [-0.1, -0.05) is 0 Å². The fourth-order valence-corrected chi connectivity index (χ4v) is 2.32. The van der Waals surface area contributed by atoms with Crippen molar-refractivity contribution in [1.29, 1.82) is 0 Å². The second-order valence-corrected chi connectivity index (χ2v) is 4.45. The van der Waals surface area contributed by atoms with E-state index in [0.717, 1.165) is 18.5 Å². The first-order valence-corrected chi connectivity index (χ1v) is 5.11. The van der Waals surface area contributed by atoms with Crippen LogP contribution in [0.4, 0.5) is 0 Å². The summed E-state index contributed by atoms with van der Waals surface area (Å²) >= 11 is 0. The van der Waals surface area contributed by atoms with Gasteiger partial charge in [-0.3, -0.25) is 4.79 Å². The van der Waals surface area contributed by atoms with Gasteiger partial charge in [-0.05, 0) is 39.1 Å². The highest BCUT2D eigenvalue weighted by molar-refractivity contribution is 5.79. The molecule has 1 aromatic heterocycles. The van der Waals surface area contributed by atoms with E-state index < -0.39 is 11.4 Å². The molecule has 1 saturated carbocycles. The molecule has 1 atom stereocenters. The molecule has 0 radical (unpaired) electrons. The van der Waals surface area contributed by atoms with E-state index in [2.05, 4.69) is 4.98 Å². The maximum absolute atomic E-state index is 11.3. The number of hydrogen-bond acceptors (Lipinski definition) is 2. The lowest BCUT2D eigenvalue weighted by Gasteiger charge is -2.29. The quantitative estimate of drug-likeness (QED) is 0.788. The van der Waals surface area contributed by atoms with Gasteiger partial charge in [-0.15, -0.1) is 0 Å². The van der Waals surface area contributed by atoms with Crippen molar-refractivity contribution >= 4 is 5.97 Å². The van der Waals surface area contributed by atoms with Crippen LogP contribution in [0, 0.1) is 5.41 Å². The van der Waals surface area contributed by atoms with Crippen molar-refractivity contribution in [2.45, 2.75) is 18.9 Å². The molecule has 1 fully saturated rings. The molecule has 82 valence electrons. The Kier molecular flexibility index (Phi) is 2.31. The Labute approximate surface area is 88.9 Å². The van der Waals surface area contributed by atoms with Crippen molar-refractivity contribution in [3.05, 3.63) is 24.0 Å².